The van der Waals surface area contributed by atoms with Crippen LogP contribution in [0.4, 0.5) is 20.6 Å². The number of hydrogen-bond acceptors (Lipinski definition) is 6. The number of thiocarbonyl (C=S) groups is 1. The normalized spacial score (nSPS) is 19.3. The molecule has 0 spiro atoms. The van der Waals surface area contributed by atoms with Gasteiger partial charge in [-0.15, -0.1) is 0 Å². The van der Waals surface area contributed by atoms with Crippen molar-refractivity contribution in [1.82, 2.24) is 10.2 Å². The average molecular weight is 424 g/mol. The lowest BCUT2D eigenvalue weighted by molar-refractivity contribution is -0.135. The smallest absolute Gasteiger partial charge is 0.414 e. The van der Waals surface area contributed by atoms with Crippen LogP contribution in [0, 0.1) is 5.82 Å². The van der Waals surface area contributed by atoms with Crippen LogP contribution in [-0.4, -0.2) is 81.0 Å². The molecule has 1 N–H and O–H groups in total. The highest BCUT2D eigenvalue weighted by Gasteiger charge is 2.33. The highest BCUT2D eigenvalue weighted by molar-refractivity contribution is 7.80. The average Bonchev–Trinajstić information content (AvgIpc) is 3.07. The lowest BCUT2D eigenvalue weighted by Gasteiger charge is -2.36. The Balaban J connectivity index is 1.62. The number of hydrogen-bond donors (Lipinski definition) is 1. The minimum Gasteiger partial charge on any atom is -0.442 e. The molecular formula is C19H25FN4O4S. The Kier molecular flexibility index (Phi) is 6.86. The Labute approximate surface area is 174 Å². The SMILES string of the molecule is COCC(=O)N1CCN(c2ccc(N3C[C@H](CNC(C)=S)OC3=O)cc2F)CC1. The molecule has 2 aliphatic heterocycles. The Morgan fingerprint density at radius 2 is 2.07 bits per heavy atom. The molecule has 3 rings (SSSR count). The van der Waals surface area contributed by atoms with Gasteiger partial charge in [-0.3, -0.25) is 9.69 Å². The Morgan fingerprint density at radius 3 is 2.69 bits per heavy atom. The van der Waals surface area contributed by atoms with Gasteiger partial charge in [-0.25, -0.2) is 9.18 Å². The van der Waals surface area contributed by atoms with E-state index < -0.39 is 11.9 Å². The van der Waals surface area contributed by atoms with Crippen LogP contribution in [0.15, 0.2) is 18.2 Å². The molecule has 0 aromatic heterocycles. The molecule has 158 valence electrons. The van der Waals surface area contributed by atoms with Crippen LogP contribution in [0.3, 0.4) is 0 Å². The number of anilines is 2. The number of nitrogens with one attached hydrogen (secondary N) is 1. The first-order valence-electron chi connectivity index (χ1n) is 9.43. The van der Waals surface area contributed by atoms with Crippen molar-refractivity contribution in [2.45, 2.75) is 13.0 Å². The van der Waals surface area contributed by atoms with E-state index in [4.69, 9.17) is 21.7 Å². The predicted octanol–water partition coefficient (Wildman–Crippen LogP) is 1.38. The van der Waals surface area contributed by atoms with Crippen molar-refractivity contribution in [2.75, 3.05) is 62.8 Å². The second-order valence-corrected chi connectivity index (χ2v) is 7.60. The fourth-order valence-corrected chi connectivity index (χ4v) is 3.51. The molecule has 1 aromatic carbocycles. The summed E-state index contributed by atoms with van der Waals surface area (Å²) in [5.74, 6) is -0.480. The fraction of sp³-hybridized carbons (Fsp3) is 0.526. The summed E-state index contributed by atoms with van der Waals surface area (Å²) in [4.78, 5) is 29.7. The summed E-state index contributed by atoms with van der Waals surface area (Å²) in [5.41, 5.74) is 0.904. The van der Waals surface area contributed by atoms with Gasteiger partial charge in [0.05, 0.1) is 29.5 Å². The number of halogens is 1. The number of amides is 2. The quantitative estimate of drug-likeness (QED) is 0.692. The van der Waals surface area contributed by atoms with Crippen LogP contribution in [0.2, 0.25) is 0 Å². The zero-order chi connectivity index (χ0) is 21.0. The van der Waals surface area contributed by atoms with E-state index in [-0.39, 0.29) is 18.6 Å². The van der Waals surface area contributed by atoms with Gasteiger partial charge in [-0.1, -0.05) is 12.2 Å². The highest BCUT2D eigenvalue weighted by Crippen LogP contribution is 2.28. The van der Waals surface area contributed by atoms with E-state index in [1.54, 1.807) is 24.0 Å². The zero-order valence-electron chi connectivity index (χ0n) is 16.5. The molecule has 2 saturated heterocycles. The summed E-state index contributed by atoms with van der Waals surface area (Å²) in [6.45, 7) is 4.63. The lowest BCUT2D eigenvalue weighted by Crippen LogP contribution is -2.50. The summed E-state index contributed by atoms with van der Waals surface area (Å²) in [5, 5.41) is 2.97. The monoisotopic (exact) mass is 424 g/mol. The number of piperazine rings is 1. The number of rotatable bonds is 6. The van der Waals surface area contributed by atoms with Crippen molar-refractivity contribution in [3.63, 3.8) is 0 Å². The summed E-state index contributed by atoms with van der Waals surface area (Å²) in [7, 11) is 1.48. The molecule has 2 amide bonds. The standard InChI is InChI=1S/C19H25FN4O4S/c1-13(29)21-10-15-11-24(19(26)28-15)14-3-4-17(16(20)9-14)22-5-7-23(8-6-22)18(25)12-27-2/h3-4,9,15H,5-8,10-12H2,1-2H3,(H,21,29)/t15-/m0/s1. The predicted molar refractivity (Wildman–Crippen MR) is 111 cm³/mol. The van der Waals surface area contributed by atoms with E-state index in [9.17, 15) is 14.0 Å². The Morgan fingerprint density at radius 1 is 1.34 bits per heavy atom. The third-order valence-electron chi connectivity index (χ3n) is 4.94. The van der Waals surface area contributed by atoms with Crippen LogP contribution < -0.4 is 15.1 Å². The van der Waals surface area contributed by atoms with E-state index in [2.05, 4.69) is 5.32 Å². The van der Waals surface area contributed by atoms with E-state index in [1.807, 2.05) is 4.90 Å². The second kappa shape index (κ2) is 9.36. The van der Waals surface area contributed by atoms with Crippen LogP contribution in [0.25, 0.3) is 0 Å². The van der Waals surface area contributed by atoms with E-state index in [0.717, 1.165) is 0 Å². The lowest BCUT2D eigenvalue weighted by atomic mass is 10.2. The molecule has 0 saturated carbocycles. The van der Waals surface area contributed by atoms with Crippen molar-refractivity contribution < 1.29 is 23.5 Å². The summed E-state index contributed by atoms with van der Waals surface area (Å²) in [6.07, 6.45) is -0.850. The number of carbonyl (C=O) groups is 2. The maximum absolute atomic E-state index is 14.8. The van der Waals surface area contributed by atoms with Gasteiger partial charge in [0.2, 0.25) is 5.91 Å². The van der Waals surface area contributed by atoms with Crippen molar-refractivity contribution in [2.24, 2.45) is 0 Å². The van der Waals surface area contributed by atoms with Crippen molar-refractivity contribution in [3.05, 3.63) is 24.0 Å². The third-order valence-corrected chi connectivity index (χ3v) is 5.08. The van der Waals surface area contributed by atoms with Gasteiger partial charge in [0.25, 0.3) is 0 Å². The highest BCUT2D eigenvalue weighted by atomic mass is 32.1. The van der Waals surface area contributed by atoms with E-state index in [0.29, 0.717) is 55.6 Å². The number of cyclic esters (lactones) is 1. The molecule has 1 aromatic rings. The van der Waals surface area contributed by atoms with Gasteiger partial charge in [-0.2, -0.15) is 0 Å². The number of nitrogens with zero attached hydrogens (tertiary/aromatic N) is 3. The molecule has 0 unspecified atom stereocenters. The van der Waals surface area contributed by atoms with Crippen molar-refractivity contribution >= 4 is 40.6 Å². The third kappa shape index (κ3) is 5.13. The largest absolute Gasteiger partial charge is 0.442 e. The second-order valence-electron chi connectivity index (χ2n) is 6.99. The van der Waals surface area contributed by atoms with Gasteiger partial charge in [0.1, 0.15) is 18.5 Å². The minimum absolute atomic E-state index is 0.0511. The minimum atomic E-state index is -0.503. The van der Waals surface area contributed by atoms with Gasteiger partial charge in [0.15, 0.2) is 0 Å². The van der Waals surface area contributed by atoms with E-state index >= 15 is 0 Å². The summed E-state index contributed by atoms with van der Waals surface area (Å²) >= 11 is 4.96. The summed E-state index contributed by atoms with van der Waals surface area (Å²) < 4.78 is 25.0. The van der Waals surface area contributed by atoms with E-state index in [1.165, 1.54) is 18.1 Å². The maximum Gasteiger partial charge on any atom is 0.414 e. The van der Waals surface area contributed by atoms with Crippen molar-refractivity contribution in [1.29, 1.82) is 0 Å². The molecular weight excluding hydrogens is 399 g/mol. The van der Waals surface area contributed by atoms with Crippen LogP contribution in [0.5, 0.6) is 0 Å². The molecule has 0 radical (unpaired) electrons. The zero-order valence-corrected chi connectivity index (χ0v) is 17.3. The number of ether oxygens (including phenoxy) is 2. The first-order chi connectivity index (χ1) is 13.9. The molecule has 8 nitrogen and oxygen atoms in total. The number of methoxy groups -OCH3 is 1. The number of benzene rings is 1. The molecule has 10 heteroatoms. The summed E-state index contributed by atoms with van der Waals surface area (Å²) in [6, 6.07) is 4.72. The Hall–Kier alpha value is -2.46. The first-order valence-corrected chi connectivity index (χ1v) is 9.83. The molecule has 0 aliphatic carbocycles. The first kappa shape index (κ1) is 21.3. The molecule has 2 aliphatic rings. The molecule has 0 bridgehead atoms. The van der Waals surface area contributed by atoms with Gasteiger partial charge >= 0.3 is 6.09 Å². The molecule has 2 fully saturated rings. The van der Waals surface area contributed by atoms with Crippen LogP contribution in [0.1, 0.15) is 6.92 Å². The maximum atomic E-state index is 14.8. The molecule has 29 heavy (non-hydrogen) atoms. The van der Waals surface area contributed by atoms with Crippen LogP contribution in [-0.2, 0) is 14.3 Å². The van der Waals surface area contributed by atoms with Crippen molar-refractivity contribution in [3.8, 4) is 0 Å². The van der Waals surface area contributed by atoms with Gasteiger partial charge in [-0.05, 0) is 25.1 Å². The fourth-order valence-electron chi connectivity index (χ4n) is 3.43. The van der Waals surface area contributed by atoms with Crippen LogP contribution >= 0.6 is 12.2 Å². The van der Waals surface area contributed by atoms with Gasteiger partial charge in [0, 0.05) is 33.3 Å². The van der Waals surface area contributed by atoms with Gasteiger partial charge < -0.3 is 24.6 Å². The molecule has 1 atom stereocenters. The topological polar surface area (TPSA) is 74.3 Å². The number of carbonyl (C=O) groups excluding carboxylic acids is 2. The Bertz CT molecular complexity index is 785. The molecule has 2 heterocycles.